The van der Waals surface area contributed by atoms with Crippen LogP contribution in [-0.4, -0.2) is 42.2 Å². The van der Waals surface area contributed by atoms with Crippen molar-refractivity contribution in [2.45, 2.75) is 38.0 Å². The molecule has 2 aliphatic rings. The molecule has 3 atom stereocenters. The lowest BCUT2D eigenvalue weighted by atomic mass is 9.97. The van der Waals surface area contributed by atoms with E-state index < -0.39 is 29.8 Å². The molecular weight excluding hydrogens is 407 g/mol. The highest BCUT2D eigenvalue weighted by molar-refractivity contribution is 6.04. The van der Waals surface area contributed by atoms with E-state index in [-0.39, 0.29) is 47.2 Å². The first-order chi connectivity index (χ1) is 14.8. The maximum absolute atomic E-state index is 14.3. The van der Waals surface area contributed by atoms with E-state index >= 15 is 0 Å². The first kappa shape index (κ1) is 21.1. The number of hydrogen-bond donors (Lipinski definition) is 2. The van der Waals surface area contributed by atoms with E-state index in [0.29, 0.717) is 12.0 Å². The molecule has 2 aromatic rings. The number of carbonyl (C=O) groups is 1. The van der Waals surface area contributed by atoms with Gasteiger partial charge in [0.25, 0.3) is 5.91 Å². The molecule has 1 aromatic heterocycles. The molecule has 9 heteroatoms. The van der Waals surface area contributed by atoms with Crippen LogP contribution in [0.3, 0.4) is 0 Å². The molecule has 1 saturated carbocycles. The number of alkyl halides is 1. The number of nitrogens with two attached hydrogens (primary N) is 1. The molecule has 3 N–H and O–H groups in total. The summed E-state index contributed by atoms with van der Waals surface area (Å²) >= 11 is 0. The maximum atomic E-state index is 14.3. The van der Waals surface area contributed by atoms with Crippen molar-refractivity contribution in [3.05, 3.63) is 47.3 Å². The van der Waals surface area contributed by atoms with Crippen LogP contribution in [0.4, 0.5) is 18.9 Å². The highest BCUT2D eigenvalue weighted by Crippen LogP contribution is 2.39. The second-order valence-corrected chi connectivity index (χ2v) is 8.20. The predicted molar refractivity (Wildman–Crippen MR) is 109 cm³/mol. The number of nitriles is 1. The Hall–Kier alpha value is -3.12. The summed E-state index contributed by atoms with van der Waals surface area (Å²) in [6.45, 7) is 1.87. The van der Waals surface area contributed by atoms with Crippen molar-refractivity contribution >= 4 is 11.6 Å². The fourth-order valence-electron chi connectivity index (χ4n) is 4.02. The summed E-state index contributed by atoms with van der Waals surface area (Å²) in [5, 5.41) is 12.5. The van der Waals surface area contributed by atoms with Gasteiger partial charge < -0.3 is 16.0 Å². The van der Waals surface area contributed by atoms with Crippen molar-refractivity contribution in [2.24, 2.45) is 11.7 Å². The van der Waals surface area contributed by atoms with E-state index in [1.165, 1.54) is 6.20 Å². The predicted octanol–water partition coefficient (Wildman–Crippen LogP) is 2.91. The van der Waals surface area contributed by atoms with E-state index in [1.54, 1.807) is 4.90 Å². The maximum Gasteiger partial charge on any atom is 0.255 e. The Morgan fingerprint density at radius 3 is 2.52 bits per heavy atom. The van der Waals surface area contributed by atoms with Gasteiger partial charge in [0.15, 0.2) is 0 Å². The minimum Gasteiger partial charge on any atom is -0.366 e. The molecule has 0 radical (unpaired) electrons. The molecular formula is C22H22F3N5O. The number of anilines is 1. The number of carbonyl (C=O) groups excluding carboxylic acids is 1. The van der Waals surface area contributed by atoms with Crippen LogP contribution in [0.25, 0.3) is 11.1 Å². The fourth-order valence-corrected chi connectivity index (χ4v) is 4.02. The van der Waals surface area contributed by atoms with Crippen LogP contribution >= 0.6 is 0 Å². The minimum absolute atomic E-state index is 0.0392. The zero-order chi connectivity index (χ0) is 22.3. The molecule has 1 aromatic carbocycles. The lowest BCUT2D eigenvalue weighted by Gasteiger charge is -2.26. The smallest absolute Gasteiger partial charge is 0.255 e. The van der Waals surface area contributed by atoms with Crippen LogP contribution in [0.5, 0.6) is 0 Å². The van der Waals surface area contributed by atoms with Gasteiger partial charge in [-0.15, -0.1) is 0 Å². The molecule has 1 unspecified atom stereocenters. The van der Waals surface area contributed by atoms with Gasteiger partial charge in [0, 0.05) is 30.4 Å². The molecule has 1 aliphatic heterocycles. The summed E-state index contributed by atoms with van der Waals surface area (Å²) in [4.78, 5) is 18.7. The van der Waals surface area contributed by atoms with Crippen LogP contribution < -0.4 is 16.0 Å². The Morgan fingerprint density at radius 2 is 1.97 bits per heavy atom. The fraction of sp³-hybridized carbons (Fsp3) is 0.409. The van der Waals surface area contributed by atoms with Crippen LogP contribution in [0.1, 0.15) is 35.8 Å². The second-order valence-electron chi connectivity index (χ2n) is 8.20. The number of aromatic nitrogens is 1. The van der Waals surface area contributed by atoms with Gasteiger partial charge in [-0.1, -0.05) is 0 Å². The molecule has 0 spiro atoms. The molecule has 1 amide bonds. The normalized spacial score (nSPS) is 21.6. The Bertz CT molecular complexity index is 1040. The number of nitrogens with zero attached hydrogens (tertiary/aromatic N) is 3. The van der Waals surface area contributed by atoms with E-state index in [2.05, 4.69) is 10.3 Å². The minimum atomic E-state index is -1.35. The average Bonchev–Trinajstić information content (AvgIpc) is 3.51. The summed E-state index contributed by atoms with van der Waals surface area (Å²) in [6.07, 6.45) is 1.95. The molecule has 4 rings (SSSR count). The summed E-state index contributed by atoms with van der Waals surface area (Å²) < 4.78 is 42.3. The molecule has 0 bridgehead atoms. The van der Waals surface area contributed by atoms with Crippen LogP contribution in [-0.2, 0) is 0 Å². The van der Waals surface area contributed by atoms with Gasteiger partial charge in [0.1, 0.15) is 29.6 Å². The van der Waals surface area contributed by atoms with E-state index in [9.17, 15) is 23.2 Å². The zero-order valence-corrected chi connectivity index (χ0v) is 16.9. The Balaban J connectivity index is 1.89. The van der Waals surface area contributed by atoms with Crippen LogP contribution in [0.2, 0.25) is 0 Å². The summed E-state index contributed by atoms with van der Waals surface area (Å²) in [7, 11) is 0. The first-order valence-electron chi connectivity index (χ1n) is 10.1. The number of hydrogen-bond acceptors (Lipinski definition) is 5. The number of rotatable bonds is 5. The van der Waals surface area contributed by atoms with E-state index in [0.717, 1.165) is 25.0 Å². The lowest BCUT2D eigenvalue weighted by Crippen LogP contribution is -2.36. The summed E-state index contributed by atoms with van der Waals surface area (Å²) in [6, 6.07) is 3.88. The van der Waals surface area contributed by atoms with Gasteiger partial charge >= 0.3 is 0 Å². The van der Waals surface area contributed by atoms with Crippen molar-refractivity contribution in [3.8, 4) is 17.2 Å². The standard InChI is InChI=1S/C22H22F3N5O/c1-11(12-2-3-12)29-22(31)16-8-28-19(7-26)20(13-4-14(23)6-15(24)5-13)21(16)30-9-17(25)18(27)10-30/h4-6,8,11-12,17-18H,2-3,9-10,27H2,1H3,(H,29,31)/t11?,17-,18-/m0/s1. The highest BCUT2D eigenvalue weighted by atomic mass is 19.1. The molecule has 1 aliphatic carbocycles. The zero-order valence-electron chi connectivity index (χ0n) is 16.9. The third-order valence-corrected chi connectivity index (χ3v) is 5.85. The van der Waals surface area contributed by atoms with Crippen molar-refractivity contribution in [3.63, 3.8) is 0 Å². The first-order valence-corrected chi connectivity index (χ1v) is 10.1. The SMILES string of the molecule is CC(NC(=O)c1cnc(C#N)c(-c2cc(F)cc(F)c2)c1N1C[C@H](N)[C@@H](F)C1)C1CC1. The Labute approximate surface area is 177 Å². The topological polar surface area (TPSA) is 95.0 Å². The Kier molecular flexibility index (Phi) is 5.58. The number of halogens is 3. The van der Waals surface area contributed by atoms with Gasteiger partial charge in [0.2, 0.25) is 0 Å². The van der Waals surface area contributed by atoms with Gasteiger partial charge in [-0.05, 0) is 43.4 Å². The molecule has 2 heterocycles. The molecule has 31 heavy (non-hydrogen) atoms. The molecule has 1 saturated heterocycles. The van der Waals surface area contributed by atoms with Gasteiger partial charge in [-0.3, -0.25) is 4.79 Å². The second kappa shape index (κ2) is 8.19. The third-order valence-electron chi connectivity index (χ3n) is 5.85. The van der Waals surface area contributed by atoms with Crippen LogP contribution in [0, 0.1) is 28.9 Å². The number of amides is 1. The van der Waals surface area contributed by atoms with Gasteiger partial charge in [0.05, 0.1) is 23.8 Å². The largest absolute Gasteiger partial charge is 0.366 e. The van der Waals surface area contributed by atoms with Crippen molar-refractivity contribution in [1.29, 1.82) is 5.26 Å². The molecule has 2 fully saturated rings. The lowest BCUT2D eigenvalue weighted by molar-refractivity contribution is 0.0936. The monoisotopic (exact) mass is 429 g/mol. The number of benzene rings is 1. The number of nitrogens with one attached hydrogen (secondary N) is 1. The van der Waals surface area contributed by atoms with Crippen molar-refractivity contribution in [1.82, 2.24) is 10.3 Å². The highest BCUT2D eigenvalue weighted by Gasteiger charge is 2.36. The molecule has 6 nitrogen and oxygen atoms in total. The summed E-state index contributed by atoms with van der Waals surface area (Å²) in [5.74, 6) is -1.74. The number of pyridine rings is 1. The van der Waals surface area contributed by atoms with Gasteiger partial charge in [-0.2, -0.15) is 5.26 Å². The van der Waals surface area contributed by atoms with Crippen molar-refractivity contribution in [2.75, 3.05) is 18.0 Å². The quantitative estimate of drug-likeness (QED) is 0.762. The molecule has 162 valence electrons. The third kappa shape index (κ3) is 4.21. The van der Waals surface area contributed by atoms with Gasteiger partial charge in [-0.25, -0.2) is 18.2 Å². The summed E-state index contributed by atoms with van der Waals surface area (Å²) in [5.41, 5.74) is 6.15. The van der Waals surface area contributed by atoms with E-state index in [1.807, 2.05) is 13.0 Å². The Morgan fingerprint density at radius 1 is 1.29 bits per heavy atom. The van der Waals surface area contributed by atoms with E-state index in [4.69, 9.17) is 5.73 Å². The van der Waals surface area contributed by atoms with Crippen molar-refractivity contribution < 1.29 is 18.0 Å². The average molecular weight is 429 g/mol. The van der Waals surface area contributed by atoms with Crippen LogP contribution in [0.15, 0.2) is 24.4 Å².